The molecule has 0 radical (unpaired) electrons. The summed E-state index contributed by atoms with van der Waals surface area (Å²) in [5.74, 6) is 0. The molecule has 1 rings (SSSR count). The van der Waals surface area contributed by atoms with E-state index in [2.05, 4.69) is 15.9 Å². The first-order valence-corrected chi connectivity index (χ1v) is 4.49. The first kappa shape index (κ1) is 9.42. The topological polar surface area (TPSA) is 43.1 Å². The fourth-order valence-corrected chi connectivity index (χ4v) is 1.68. The van der Waals surface area contributed by atoms with Gasteiger partial charge < -0.3 is 10.5 Å². The van der Waals surface area contributed by atoms with Crippen molar-refractivity contribution in [1.29, 1.82) is 0 Å². The van der Waals surface area contributed by atoms with Crippen LogP contribution in [0, 0.1) is 0 Å². The summed E-state index contributed by atoms with van der Waals surface area (Å²) in [5, 5.41) is 0. The van der Waals surface area contributed by atoms with Crippen LogP contribution in [-0.2, 0) is 17.8 Å². The van der Waals surface area contributed by atoms with Crippen molar-refractivity contribution in [2.45, 2.75) is 13.0 Å². The Kier molecular flexibility index (Phi) is 3.44. The molecule has 0 heterocycles. The Balaban J connectivity index is 3.08. The molecule has 0 aliphatic rings. The number of hydrogen-bond donors (Lipinski definition) is 1. The van der Waals surface area contributed by atoms with E-state index in [1.165, 1.54) is 0 Å². The van der Waals surface area contributed by atoms with Gasteiger partial charge in [-0.3, -0.25) is 0 Å². The van der Waals surface area contributed by atoms with E-state index in [1.54, 1.807) is 0 Å². The molecule has 0 aliphatic carbocycles. The Morgan fingerprint density at radius 1 is 1.50 bits per heavy atom. The van der Waals surface area contributed by atoms with Crippen molar-refractivity contribution in [3.63, 3.8) is 0 Å². The smallest absolute Gasteiger partial charge is 0.124 e. The number of carbonyl (C=O) groups excluding carboxylic acids is 1. The van der Waals surface area contributed by atoms with E-state index < -0.39 is 0 Å². The van der Waals surface area contributed by atoms with E-state index in [-0.39, 0.29) is 0 Å². The van der Waals surface area contributed by atoms with Crippen LogP contribution in [0.15, 0.2) is 22.7 Å². The second-order valence-corrected chi connectivity index (χ2v) is 3.31. The van der Waals surface area contributed by atoms with E-state index in [1.807, 2.05) is 18.2 Å². The Morgan fingerprint density at radius 2 is 2.25 bits per heavy atom. The van der Waals surface area contributed by atoms with Gasteiger partial charge in [-0.15, -0.1) is 0 Å². The molecule has 3 heteroatoms. The van der Waals surface area contributed by atoms with E-state index >= 15 is 0 Å². The zero-order chi connectivity index (χ0) is 8.97. The highest BCUT2D eigenvalue weighted by atomic mass is 79.9. The van der Waals surface area contributed by atoms with Gasteiger partial charge in [0.05, 0.1) is 0 Å². The lowest BCUT2D eigenvalue weighted by Crippen LogP contribution is -2.02. The molecule has 0 atom stereocenters. The van der Waals surface area contributed by atoms with Crippen molar-refractivity contribution in [3.8, 4) is 0 Å². The monoisotopic (exact) mass is 227 g/mol. The minimum atomic E-state index is 0.436. The Bertz CT molecular complexity index is 286. The molecule has 0 aliphatic heterocycles. The van der Waals surface area contributed by atoms with Crippen LogP contribution in [0.2, 0.25) is 0 Å². The van der Waals surface area contributed by atoms with Gasteiger partial charge in [0, 0.05) is 17.4 Å². The van der Waals surface area contributed by atoms with Gasteiger partial charge in [-0.2, -0.15) is 0 Å². The lowest BCUT2D eigenvalue weighted by molar-refractivity contribution is -0.107. The van der Waals surface area contributed by atoms with Crippen LogP contribution >= 0.6 is 15.9 Å². The third-order valence-corrected chi connectivity index (χ3v) is 2.47. The molecule has 0 spiro atoms. The molecule has 0 bridgehead atoms. The fraction of sp³-hybridized carbons (Fsp3) is 0.222. The summed E-state index contributed by atoms with van der Waals surface area (Å²) in [7, 11) is 0. The number of carbonyl (C=O) groups is 1. The van der Waals surface area contributed by atoms with E-state index in [0.29, 0.717) is 13.0 Å². The maximum Gasteiger partial charge on any atom is 0.124 e. The van der Waals surface area contributed by atoms with E-state index in [0.717, 1.165) is 21.9 Å². The summed E-state index contributed by atoms with van der Waals surface area (Å²) in [6.45, 7) is 0.463. The van der Waals surface area contributed by atoms with Gasteiger partial charge in [-0.25, -0.2) is 0 Å². The summed E-state index contributed by atoms with van der Waals surface area (Å²) < 4.78 is 0.976. The molecule has 0 unspecified atom stereocenters. The van der Waals surface area contributed by atoms with Gasteiger partial charge >= 0.3 is 0 Å². The van der Waals surface area contributed by atoms with Gasteiger partial charge in [0.2, 0.25) is 0 Å². The molecule has 0 fully saturated rings. The highest BCUT2D eigenvalue weighted by Gasteiger charge is 2.03. The van der Waals surface area contributed by atoms with Gasteiger partial charge in [0.1, 0.15) is 6.29 Å². The lowest BCUT2D eigenvalue weighted by Gasteiger charge is -2.06. The molecule has 0 saturated heterocycles. The van der Waals surface area contributed by atoms with Crippen molar-refractivity contribution < 1.29 is 4.79 Å². The van der Waals surface area contributed by atoms with Crippen molar-refractivity contribution in [2.75, 3.05) is 0 Å². The first-order valence-electron chi connectivity index (χ1n) is 3.69. The maximum atomic E-state index is 10.3. The zero-order valence-corrected chi connectivity index (χ0v) is 8.17. The largest absolute Gasteiger partial charge is 0.326 e. The Morgan fingerprint density at radius 3 is 2.83 bits per heavy atom. The van der Waals surface area contributed by atoms with E-state index in [4.69, 9.17) is 5.73 Å². The summed E-state index contributed by atoms with van der Waals surface area (Å²) in [6, 6.07) is 5.75. The SMILES string of the molecule is NCc1c(Br)cccc1CC=O. The molecule has 0 saturated carbocycles. The first-order chi connectivity index (χ1) is 5.79. The highest BCUT2D eigenvalue weighted by molar-refractivity contribution is 9.10. The standard InChI is InChI=1S/C9H10BrNO/c10-9-3-1-2-7(4-5-12)8(9)6-11/h1-3,5H,4,6,11H2. The summed E-state index contributed by atoms with van der Waals surface area (Å²) >= 11 is 3.38. The van der Waals surface area contributed by atoms with Crippen molar-refractivity contribution in [3.05, 3.63) is 33.8 Å². The van der Waals surface area contributed by atoms with Crippen LogP contribution in [0.4, 0.5) is 0 Å². The van der Waals surface area contributed by atoms with Crippen LogP contribution in [0.5, 0.6) is 0 Å². The van der Waals surface area contributed by atoms with Crippen molar-refractivity contribution >= 4 is 22.2 Å². The molecule has 1 aromatic rings. The predicted molar refractivity (Wildman–Crippen MR) is 51.8 cm³/mol. The molecule has 0 aromatic heterocycles. The number of halogens is 1. The minimum Gasteiger partial charge on any atom is -0.326 e. The Labute approximate surface area is 79.9 Å². The highest BCUT2D eigenvalue weighted by Crippen LogP contribution is 2.19. The molecule has 64 valence electrons. The van der Waals surface area contributed by atoms with Gasteiger partial charge in [0.25, 0.3) is 0 Å². The van der Waals surface area contributed by atoms with Crippen LogP contribution in [0.25, 0.3) is 0 Å². The molecule has 0 amide bonds. The number of aldehydes is 1. The molecule has 12 heavy (non-hydrogen) atoms. The molecular weight excluding hydrogens is 218 g/mol. The van der Waals surface area contributed by atoms with Gasteiger partial charge in [-0.1, -0.05) is 28.1 Å². The van der Waals surface area contributed by atoms with Gasteiger partial charge in [-0.05, 0) is 17.2 Å². The van der Waals surface area contributed by atoms with Crippen molar-refractivity contribution in [1.82, 2.24) is 0 Å². The van der Waals surface area contributed by atoms with Gasteiger partial charge in [0.15, 0.2) is 0 Å². The third kappa shape index (κ3) is 1.93. The molecular formula is C9H10BrNO. The maximum absolute atomic E-state index is 10.3. The second-order valence-electron chi connectivity index (χ2n) is 2.45. The molecule has 1 aromatic carbocycles. The van der Waals surface area contributed by atoms with E-state index in [9.17, 15) is 4.79 Å². The van der Waals surface area contributed by atoms with Crippen LogP contribution in [-0.4, -0.2) is 6.29 Å². The fourth-order valence-electron chi connectivity index (χ4n) is 1.11. The third-order valence-electron chi connectivity index (χ3n) is 1.72. The number of rotatable bonds is 3. The van der Waals surface area contributed by atoms with Crippen LogP contribution < -0.4 is 5.73 Å². The number of benzene rings is 1. The normalized spacial score (nSPS) is 9.83. The van der Waals surface area contributed by atoms with Crippen molar-refractivity contribution in [2.24, 2.45) is 5.73 Å². The van der Waals surface area contributed by atoms with Crippen LogP contribution in [0.1, 0.15) is 11.1 Å². The average molecular weight is 228 g/mol. The molecule has 2 nitrogen and oxygen atoms in total. The van der Waals surface area contributed by atoms with Crippen LogP contribution in [0.3, 0.4) is 0 Å². The zero-order valence-electron chi connectivity index (χ0n) is 6.59. The summed E-state index contributed by atoms with van der Waals surface area (Å²) in [4.78, 5) is 10.3. The molecule has 2 N–H and O–H groups in total. The second kappa shape index (κ2) is 4.38. The minimum absolute atomic E-state index is 0.436. The number of hydrogen-bond acceptors (Lipinski definition) is 2. The lowest BCUT2D eigenvalue weighted by atomic mass is 10.1. The summed E-state index contributed by atoms with van der Waals surface area (Å²) in [5.41, 5.74) is 7.56. The quantitative estimate of drug-likeness (QED) is 0.799. The number of nitrogens with two attached hydrogens (primary N) is 1. The predicted octanol–water partition coefficient (Wildman–Crippen LogP) is 1.65. The summed E-state index contributed by atoms with van der Waals surface area (Å²) in [6.07, 6.45) is 1.33. The Hall–Kier alpha value is -0.670. The average Bonchev–Trinajstić information content (AvgIpc) is 2.05.